The molecule has 0 aliphatic carbocycles. The molecule has 3 unspecified atom stereocenters. The van der Waals surface area contributed by atoms with E-state index in [-0.39, 0.29) is 11.2 Å². The quantitative estimate of drug-likeness (QED) is 0.698. The van der Waals surface area contributed by atoms with Crippen LogP contribution in [0.15, 0.2) is 22.8 Å². The van der Waals surface area contributed by atoms with Crippen LogP contribution >= 0.6 is 0 Å². The van der Waals surface area contributed by atoms with E-state index in [1.165, 1.54) is 18.4 Å². The van der Waals surface area contributed by atoms with E-state index >= 15 is 0 Å². The molecule has 3 atom stereocenters. The van der Waals surface area contributed by atoms with Gasteiger partial charge in [-0.25, -0.2) is 14.4 Å². The molecule has 1 aromatic rings. The Labute approximate surface area is 105 Å². The number of fused-ring (bicyclic) bond motifs is 3. The van der Waals surface area contributed by atoms with Gasteiger partial charge in [0.2, 0.25) is 5.39 Å². The number of carbonyl (C=O) groups is 3. The maximum Gasteiger partial charge on any atom is 0.366 e. The SMILES string of the molecule is O=C1CC2(O)C(=O)ON(O1)OC(=O)C2c1ccco1. The van der Waals surface area contributed by atoms with Crippen LogP contribution in [0.5, 0.6) is 0 Å². The number of nitrogens with zero attached hydrogens (tertiary/aromatic N) is 1. The predicted molar refractivity (Wildman–Crippen MR) is 51.1 cm³/mol. The zero-order valence-corrected chi connectivity index (χ0v) is 9.27. The Bertz CT molecular complexity index is 552. The first-order valence-electron chi connectivity index (χ1n) is 5.21. The lowest BCUT2D eigenvalue weighted by Crippen LogP contribution is -2.48. The average Bonchev–Trinajstić information content (AvgIpc) is 2.74. The van der Waals surface area contributed by atoms with Crippen LogP contribution in [0.25, 0.3) is 0 Å². The summed E-state index contributed by atoms with van der Waals surface area (Å²) >= 11 is 0. The lowest BCUT2D eigenvalue weighted by Gasteiger charge is -2.25. The van der Waals surface area contributed by atoms with Crippen molar-refractivity contribution in [1.82, 2.24) is 5.39 Å². The van der Waals surface area contributed by atoms with E-state index in [2.05, 4.69) is 14.5 Å². The molecule has 100 valence electrons. The minimum Gasteiger partial charge on any atom is -0.468 e. The molecule has 2 bridgehead atoms. The molecular formula is C10H7NO8. The minimum absolute atomic E-state index is 0.0199. The molecule has 1 N–H and O–H groups in total. The van der Waals surface area contributed by atoms with Crippen molar-refractivity contribution in [1.29, 1.82) is 0 Å². The highest BCUT2D eigenvalue weighted by Gasteiger charge is 2.60. The third-order valence-corrected chi connectivity index (χ3v) is 2.81. The van der Waals surface area contributed by atoms with Crippen molar-refractivity contribution in [3.05, 3.63) is 24.2 Å². The summed E-state index contributed by atoms with van der Waals surface area (Å²) < 4.78 is 5.00. The smallest absolute Gasteiger partial charge is 0.366 e. The first-order chi connectivity index (χ1) is 9.00. The summed E-state index contributed by atoms with van der Waals surface area (Å²) in [5.41, 5.74) is -2.45. The summed E-state index contributed by atoms with van der Waals surface area (Å²) in [6.07, 6.45) is 0.490. The molecule has 2 aliphatic rings. The van der Waals surface area contributed by atoms with Crippen LogP contribution < -0.4 is 0 Å². The highest BCUT2D eigenvalue weighted by Crippen LogP contribution is 2.38. The summed E-state index contributed by atoms with van der Waals surface area (Å²) in [5.74, 6) is -4.83. The molecule has 0 saturated carbocycles. The third-order valence-electron chi connectivity index (χ3n) is 2.81. The Hall–Kier alpha value is -2.39. The van der Waals surface area contributed by atoms with Crippen molar-refractivity contribution in [3.8, 4) is 0 Å². The molecule has 1 aromatic heterocycles. The topological polar surface area (TPSA) is 116 Å². The summed E-state index contributed by atoms with van der Waals surface area (Å²) in [6, 6.07) is 2.83. The maximum atomic E-state index is 11.9. The van der Waals surface area contributed by atoms with E-state index in [0.717, 1.165) is 0 Å². The fraction of sp³-hybridized carbons (Fsp3) is 0.300. The number of hydrogen-bond acceptors (Lipinski definition) is 9. The molecule has 2 aliphatic heterocycles. The Morgan fingerprint density at radius 1 is 1.26 bits per heavy atom. The van der Waals surface area contributed by atoms with Crippen molar-refractivity contribution in [2.45, 2.75) is 17.9 Å². The lowest BCUT2D eigenvalue weighted by atomic mass is 9.82. The lowest BCUT2D eigenvalue weighted by molar-refractivity contribution is -0.459. The van der Waals surface area contributed by atoms with Crippen molar-refractivity contribution >= 4 is 17.9 Å². The van der Waals surface area contributed by atoms with Gasteiger partial charge in [-0.1, -0.05) is 0 Å². The average molecular weight is 269 g/mol. The van der Waals surface area contributed by atoms with Gasteiger partial charge in [-0.3, -0.25) is 9.68 Å². The fourth-order valence-corrected chi connectivity index (χ4v) is 1.96. The Morgan fingerprint density at radius 2 is 2.05 bits per heavy atom. The zero-order valence-electron chi connectivity index (χ0n) is 9.27. The van der Waals surface area contributed by atoms with Gasteiger partial charge in [-0.15, -0.1) is 0 Å². The van der Waals surface area contributed by atoms with Crippen LogP contribution in [0.2, 0.25) is 0 Å². The van der Waals surface area contributed by atoms with Gasteiger partial charge in [-0.05, 0) is 12.1 Å². The molecule has 2 saturated heterocycles. The molecule has 0 aromatic carbocycles. The number of carbonyl (C=O) groups excluding carboxylic acids is 3. The van der Waals surface area contributed by atoms with Crippen LogP contribution in [0.1, 0.15) is 18.1 Å². The van der Waals surface area contributed by atoms with Gasteiger partial charge in [0.1, 0.15) is 5.76 Å². The van der Waals surface area contributed by atoms with Crippen LogP contribution in [0.3, 0.4) is 0 Å². The second kappa shape index (κ2) is 3.80. The number of hydrogen-bond donors (Lipinski definition) is 1. The maximum absolute atomic E-state index is 11.9. The van der Waals surface area contributed by atoms with E-state index in [1.54, 1.807) is 0 Å². The third kappa shape index (κ3) is 1.67. The number of rotatable bonds is 1. The molecule has 3 rings (SSSR count). The summed E-state index contributed by atoms with van der Waals surface area (Å²) in [4.78, 5) is 48.4. The van der Waals surface area contributed by atoms with Gasteiger partial charge in [0.15, 0.2) is 11.5 Å². The number of furan rings is 1. The van der Waals surface area contributed by atoms with Gasteiger partial charge in [-0.2, -0.15) is 0 Å². The van der Waals surface area contributed by atoms with Gasteiger partial charge in [0.05, 0.1) is 12.7 Å². The second-order valence-corrected chi connectivity index (χ2v) is 4.03. The van der Waals surface area contributed by atoms with Crippen molar-refractivity contribution in [2.24, 2.45) is 0 Å². The molecule has 9 heteroatoms. The monoisotopic (exact) mass is 269 g/mol. The molecule has 0 radical (unpaired) electrons. The first-order valence-corrected chi connectivity index (χ1v) is 5.21. The Balaban J connectivity index is 2.13. The Morgan fingerprint density at radius 3 is 2.74 bits per heavy atom. The first kappa shape index (κ1) is 11.7. The van der Waals surface area contributed by atoms with Crippen molar-refractivity contribution in [3.63, 3.8) is 0 Å². The van der Waals surface area contributed by atoms with Gasteiger partial charge < -0.3 is 14.4 Å². The molecule has 2 fully saturated rings. The van der Waals surface area contributed by atoms with Crippen LogP contribution in [0, 0.1) is 0 Å². The van der Waals surface area contributed by atoms with Crippen LogP contribution in [-0.2, 0) is 28.9 Å². The molecule has 19 heavy (non-hydrogen) atoms. The van der Waals surface area contributed by atoms with E-state index in [1.807, 2.05) is 0 Å². The van der Waals surface area contributed by atoms with Gasteiger partial charge in [0, 0.05) is 0 Å². The van der Waals surface area contributed by atoms with Crippen molar-refractivity contribution < 1.29 is 38.4 Å². The molecule has 0 amide bonds. The normalized spacial score (nSPS) is 34.1. The molecular weight excluding hydrogens is 262 g/mol. The minimum atomic E-state index is -2.45. The standard InChI is InChI=1S/C10H7NO8/c12-6-4-10(15)7(5-2-1-3-16-5)8(13)18-11(17-6)19-9(10)14/h1-3,7,15H,4H2. The predicted octanol–water partition coefficient (Wildman–Crippen LogP) is -0.812. The molecule has 3 heterocycles. The molecule has 9 nitrogen and oxygen atoms in total. The highest BCUT2D eigenvalue weighted by atomic mass is 17.2. The van der Waals surface area contributed by atoms with Gasteiger partial charge in [0.25, 0.3) is 0 Å². The Kier molecular flexibility index (Phi) is 2.34. The van der Waals surface area contributed by atoms with Crippen molar-refractivity contribution in [2.75, 3.05) is 0 Å². The number of aliphatic hydroxyl groups is 1. The summed E-state index contributed by atoms with van der Waals surface area (Å²) in [7, 11) is 0. The van der Waals surface area contributed by atoms with E-state index < -0.39 is 35.8 Å². The van der Waals surface area contributed by atoms with E-state index in [9.17, 15) is 19.5 Å². The van der Waals surface area contributed by atoms with Gasteiger partial charge >= 0.3 is 17.9 Å². The van der Waals surface area contributed by atoms with Crippen LogP contribution in [-0.4, -0.2) is 34.0 Å². The largest absolute Gasteiger partial charge is 0.468 e. The van der Waals surface area contributed by atoms with E-state index in [4.69, 9.17) is 4.42 Å². The van der Waals surface area contributed by atoms with E-state index in [0.29, 0.717) is 0 Å². The fourth-order valence-electron chi connectivity index (χ4n) is 1.96. The molecule has 0 spiro atoms. The summed E-state index contributed by atoms with van der Waals surface area (Å²) in [5, 5.41) is 10.3. The summed E-state index contributed by atoms with van der Waals surface area (Å²) in [6.45, 7) is 0. The highest BCUT2D eigenvalue weighted by molar-refractivity contribution is 5.95. The van der Waals surface area contributed by atoms with Crippen LogP contribution in [0.4, 0.5) is 0 Å². The zero-order chi connectivity index (χ0) is 13.6. The second-order valence-electron chi connectivity index (χ2n) is 4.03.